The van der Waals surface area contributed by atoms with Crippen LogP contribution in [0.25, 0.3) is 0 Å². The van der Waals surface area contributed by atoms with Crippen molar-refractivity contribution < 1.29 is 23.9 Å². The number of amides is 4. The number of hydrogen-bond acceptors (Lipinski definition) is 5. The van der Waals surface area contributed by atoms with Crippen molar-refractivity contribution in [3.05, 3.63) is 53.1 Å². The Bertz CT molecular complexity index is 1060. The molecule has 0 saturated heterocycles. The third-order valence-corrected chi connectivity index (χ3v) is 4.88. The van der Waals surface area contributed by atoms with Crippen LogP contribution in [0.2, 0.25) is 0 Å². The van der Waals surface area contributed by atoms with Gasteiger partial charge < -0.3 is 15.4 Å². The van der Waals surface area contributed by atoms with Gasteiger partial charge in [-0.25, -0.2) is 0 Å². The Kier molecular flexibility index (Phi) is 4.54. The Morgan fingerprint density at radius 2 is 1.86 bits per heavy atom. The molecule has 0 radical (unpaired) electrons. The van der Waals surface area contributed by atoms with Crippen LogP contribution in [0.1, 0.15) is 39.6 Å². The van der Waals surface area contributed by atoms with Gasteiger partial charge in [0.1, 0.15) is 5.75 Å². The van der Waals surface area contributed by atoms with Gasteiger partial charge in [0, 0.05) is 18.7 Å². The highest BCUT2D eigenvalue weighted by Gasteiger charge is 2.35. The first kappa shape index (κ1) is 18.7. The molecule has 4 rings (SSSR count). The van der Waals surface area contributed by atoms with Crippen LogP contribution in [0.4, 0.5) is 11.4 Å². The van der Waals surface area contributed by atoms with Crippen molar-refractivity contribution in [1.29, 1.82) is 0 Å². The molecule has 2 N–H and O–H groups in total. The molecular weight excluding hydrogens is 374 g/mol. The SMILES string of the molecule is Cc1ccc2c(c1)C(=O)N(CCC(=O)Nc1ccc3c(c1)NC(=O)[C@H](C)O3)C2=O. The molecule has 2 aliphatic rings. The molecule has 148 valence electrons. The second kappa shape index (κ2) is 7.05. The first-order valence-corrected chi connectivity index (χ1v) is 9.22. The molecule has 4 amide bonds. The normalized spacial score (nSPS) is 17.4. The molecule has 8 nitrogen and oxygen atoms in total. The molecular formula is C21H19N3O5. The summed E-state index contributed by atoms with van der Waals surface area (Å²) in [7, 11) is 0. The molecule has 2 aliphatic heterocycles. The fourth-order valence-electron chi connectivity index (χ4n) is 3.33. The maximum Gasteiger partial charge on any atom is 0.265 e. The van der Waals surface area contributed by atoms with Crippen molar-refractivity contribution >= 4 is 35.0 Å². The minimum Gasteiger partial charge on any atom is -0.479 e. The lowest BCUT2D eigenvalue weighted by Crippen LogP contribution is -2.34. The average Bonchev–Trinajstić information content (AvgIpc) is 2.91. The molecule has 2 aromatic carbocycles. The summed E-state index contributed by atoms with van der Waals surface area (Å²) in [5.41, 5.74) is 2.57. The highest BCUT2D eigenvalue weighted by molar-refractivity contribution is 6.21. The van der Waals surface area contributed by atoms with Gasteiger partial charge in [0.15, 0.2) is 6.10 Å². The Hall–Kier alpha value is -3.68. The molecule has 2 aromatic rings. The zero-order chi connectivity index (χ0) is 20.7. The number of imide groups is 1. The van der Waals surface area contributed by atoms with E-state index in [0.29, 0.717) is 28.3 Å². The van der Waals surface area contributed by atoms with E-state index in [9.17, 15) is 19.2 Å². The summed E-state index contributed by atoms with van der Waals surface area (Å²) in [6.45, 7) is 3.48. The topological polar surface area (TPSA) is 105 Å². The molecule has 29 heavy (non-hydrogen) atoms. The predicted octanol–water partition coefficient (Wildman–Crippen LogP) is 2.34. The quantitative estimate of drug-likeness (QED) is 0.776. The maximum absolute atomic E-state index is 12.5. The van der Waals surface area contributed by atoms with Crippen LogP contribution in [0, 0.1) is 6.92 Å². The number of aryl methyl sites for hydroxylation is 1. The number of fused-ring (bicyclic) bond motifs is 2. The minimum atomic E-state index is -0.577. The molecule has 1 atom stereocenters. The lowest BCUT2D eigenvalue weighted by molar-refractivity contribution is -0.122. The second-order valence-electron chi connectivity index (χ2n) is 7.07. The van der Waals surface area contributed by atoms with Gasteiger partial charge in [0.05, 0.1) is 16.8 Å². The molecule has 0 unspecified atom stereocenters. The first-order chi connectivity index (χ1) is 13.8. The van der Waals surface area contributed by atoms with Crippen LogP contribution in [-0.2, 0) is 9.59 Å². The predicted molar refractivity (Wildman–Crippen MR) is 105 cm³/mol. The highest BCUT2D eigenvalue weighted by Crippen LogP contribution is 2.32. The van der Waals surface area contributed by atoms with Crippen molar-refractivity contribution in [1.82, 2.24) is 4.90 Å². The number of carbonyl (C=O) groups excluding carboxylic acids is 4. The summed E-state index contributed by atoms with van der Waals surface area (Å²) in [5.74, 6) is -0.864. The van der Waals surface area contributed by atoms with Gasteiger partial charge in [-0.15, -0.1) is 0 Å². The smallest absolute Gasteiger partial charge is 0.265 e. The van der Waals surface area contributed by atoms with E-state index in [4.69, 9.17) is 4.74 Å². The summed E-state index contributed by atoms with van der Waals surface area (Å²) >= 11 is 0. The molecule has 0 saturated carbocycles. The molecule has 2 heterocycles. The minimum absolute atomic E-state index is 0.0144. The summed E-state index contributed by atoms with van der Waals surface area (Å²) in [6.07, 6.45) is -0.618. The number of benzene rings is 2. The second-order valence-corrected chi connectivity index (χ2v) is 7.07. The van der Waals surface area contributed by atoms with Crippen molar-refractivity contribution in [3.8, 4) is 5.75 Å². The average molecular weight is 393 g/mol. The van der Waals surface area contributed by atoms with Gasteiger partial charge in [-0.3, -0.25) is 24.1 Å². The zero-order valence-electron chi connectivity index (χ0n) is 15.9. The van der Waals surface area contributed by atoms with E-state index in [0.717, 1.165) is 10.5 Å². The van der Waals surface area contributed by atoms with Crippen LogP contribution in [0.3, 0.4) is 0 Å². The Morgan fingerprint density at radius 3 is 2.66 bits per heavy atom. The highest BCUT2D eigenvalue weighted by atomic mass is 16.5. The van der Waals surface area contributed by atoms with Crippen LogP contribution >= 0.6 is 0 Å². The Labute approximate surface area is 166 Å². The van der Waals surface area contributed by atoms with Gasteiger partial charge in [-0.1, -0.05) is 11.6 Å². The largest absolute Gasteiger partial charge is 0.479 e. The third kappa shape index (κ3) is 3.44. The first-order valence-electron chi connectivity index (χ1n) is 9.22. The molecule has 0 aromatic heterocycles. The molecule has 0 spiro atoms. The molecule has 0 aliphatic carbocycles. The van der Waals surface area contributed by atoms with E-state index in [-0.39, 0.29) is 36.6 Å². The summed E-state index contributed by atoms with van der Waals surface area (Å²) < 4.78 is 5.48. The van der Waals surface area contributed by atoms with Gasteiger partial charge >= 0.3 is 0 Å². The summed E-state index contributed by atoms with van der Waals surface area (Å²) in [4.78, 5) is 50.0. The van der Waals surface area contributed by atoms with Gasteiger partial charge in [0.2, 0.25) is 5.91 Å². The van der Waals surface area contributed by atoms with Crippen molar-refractivity contribution in [2.24, 2.45) is 0 Å². The van der Waals surface area contributed by atoms with E-state index in [1.807, 2.05) is 6.92 Å². The van der Waals surface area contributed by atoms with Crippen LogP contribution < -0.4 is 15.4 Å². The zero-order valence-corrected chi connectivity index (χ0v) is 15.9. The lowest BCUT2D eigenvalue weighted by Gasteiger charge is -2.23. The monoisotopic (exact) mass is 393 g/mol. The standard InChI is InChI=1S/C21H19N3O5/c1-11-3-5-14-15(9-11)21(28)24(20(14)27)8-7-18(25)22-13-4-6-17-16(10-13)23-19(26)12(2)29-17/h3-6,9-10,12H,7-8H2,1-2H3,(H,22,25)(H,23,26)/t12-/m0/s1. The van der Waals surface area contributed by atoms with E-state index >= 15 is 0 Å². The van der Waals surface area contributed by atoms with Gasteiger partial charge in [-0.2, -0.15) is 0 Å². The number of hydrogen-bond donors (Lipinski definition) is 2. The molecule has 0 fully saturated rings. The van der Waals surface area contributed by atoms with E-state index in [2.05, 4.69) is 10.6 Å². The van der Waals surface area contributed by atoms with Crippen molar-refractivity contribution in [3.63, 3.8) is 0 Å². The Balaban J connectivity index is 1.39. The van der Waals surface area contributed by atoms with Crippen LogP contribution in [0.5, 0.6) is 5.75 Å². The van der Waals surface area contributed by atoms with Crippen molar-refractivity contribution in [2.75, 3.05) is 17.2 Å². The summed E-state index contributed by atoms with van der Waals surface area (Å²) in [5, 5.41) is 5.42. The number of nitrogens with zero attached hydrogens (tertiary/aromatic N) is 1. The third-order valence-electron chi connectivity index (χ3n) is 4.88. The fraction of sp³-hybridized carbons (Fsp3) is 0.238. The number of nitrogens with one attached hydrogen (secondary N) is 2. The van der Waals surface area contributed by atoms with E-state index in [1.54, 1.807) is 43.3 Å². The molecule has 0 bridgehead atoms. The fourth-order valence-corrected chi connectivity index (χ4v) is 3.33. The van der Waals surface area contributed by atoms with Crippen molar-refractivity contribution in [2.45, 2.75) is 26.4 Å². The van der Waals surface area contributed by atoms with E-state index in [1.165, 1.54) is 0 Å². The van der Waals surface area contributed by atoms with Gasteiger partial charge in [0.25, 0.3) is 17.7 Å². The van der Waals surface area contributed by atoms with E-state index < -0.39 is 6.10 Å². The lowest BCUT2D eigenvalue weighted by atomic mass is 10.1. The summed E-state index contributed by atoms with van der Waals surface area (Å²) in [6, 6.07) is 10.0. The number of carbonyl (C=O) groups is 4. The van der Waals surface area contributed by atoms with Gasteiger partial charge in [-0.05, 0) is 44.2 Å². The Morgan fingerprint density at radius 1 is 1.10 bits per heavy atom. The number of ether oxygens (including phenoxy) is 1. The number of rotatable bonds is 4. The number of anilines is 2. The van der Waals surface area contributed by atoms with Crippen LogP contribution in [0.15, 0.2) is 36.4 Å². The molecule has 8 heteroatoms. The maximum atomic E-state index is 12.5. The van der Waals surface area contributed by atoms with Crippen LogP contribution in [-0.4, -0.2) is 41.2 Å².